The summed E-state index contributed by atoms with van der Waals surface area (Å²) >= 11 is 3.35. The Kier molecular flexibility index (Phi) is 7.55. The molecule has 6 nitrogen and oxygen atoms in total. The van der Waals surface area contributed by atoms with Gasteiger partial charge in [0.1, 0.15) is 0 Å². The highest BCUT2D eigenvalue weighted by Gasteiger charge is 2.18. The van der Waals surface area contributed by atoms with Crippen LogP contribution in [0.15, 0.2) is 53.0 Å². The molecule has 2 aromatic carbocycles. The van der Waals surface area contributed by atoms with Crippen LogP contribution in [0, 0.1) is 0 Å². The van der Waals surface area contributed by atoms with E-state index < -0.39 is 0 Å². The van der Waals surface area contributed by atoms with E-state index in [1.165, 1.54) is 12.0 Å². The van der Waals surface area contributed by atoms with E-state index in [1.54, 1.807) is 49.5 Å². The number of nitrogens with zero attached hydrogens (tertiary/aromatic N) is 1. The molecule has 2 rings (SSSR count). The minimum atomic E-state index is -0.309. The van der Waals surface area contributed by atoms with E-state index in [4.69, 9.17) is 0 Å². The largest absolute Gasteiger partial charge is 0.469 e. The molecule has 0 aliphatic heterocycles. The van der Waals surface area contributed by atoms with Crippen molar-refractivity contribution in [3.63, 3.8) is 0 Å². The highest BCUT2D eigenvalue weighted by atomic mass is 79.9. The Bertz CT molecular complexity index is 838. The summed E-state index contributed by atoms with van der Waals surface area (Å²) < 4.78 is 5.27. The number of rotatable bonds is 7. The molecular weight excluding hydrogens is 412 g/mol. The number of hydrogen-bond acceptors (Lipinski definition) is 4. The Morgan fingerprint density at radius 2 is 1.67 bits per heavy atom. The molecule has 0 aliphatic carbocycles. The van der Waals surface area contributed by atoms with Crippen molar-refractivity contribution in [1.82, 2.24) is 4.90 Å². The monoisotopic (exact) mass is 432 g/mol. The molecule has 0 unspecified atom stereocenters. The zero-order valence-corrected chi connectivity index (χ0v) is 16.8. The maximum atomic E-state index is 12.7. The first-order chi connectivity index (χ1) is 12.9. The number of esters is 1. The van der Waals surface area contributed by atoms with Crippen molar-refractivity contribution in [2.75, 3.05) is 26.0 Å². The Hall–Kier alpha value is -2.67. The van der Waals surface area contributed by atoms with Crippen LogP contribution in [-0.2, 0) is 9.53 Å². The van der Waals surface area contributed by atoms with Gasteiger partial charge in [-0.3, -0.25) is 14.4 Å². The molecule has 0 spiro atoms. The summed E-state index contributed by atoms with van der Waals surface area (Å²) in [6, 6.07) is 13.9. The molecule has 1 N–H and O–H groups in total. The van der Waals surface area contributed by atoms with Gasteiger partial charge in [0.15, 0.2) is 0 Å². The number of halogens is 1. The van der Waals surface area contributed by atoms with Crippen molar-refractivity contribution >= 4 is 39.4 Å². The van der Waals surface area contributed by atoms with Crippen LogP contribution in [0.3, 0.4) is 0 Å². The number of nitrogens with one attached hydrogen (secondary N) is 1. The number of methoxy groups -OCH3 is 1. The van der Waals surface area contributed by atoms with Gasteiger partial charge in [0.2, 0.25) is 0 Å². The van der Waals surface area contributed by atoms with Crippen LogP contribution in [0.25, 0.3) is 0 Å². The molecule has 0 aliphatic rings. The first-order valence-corrected chi connectivity index (χ1v) is 9.20. The Balaban J connectivity index is 2.10. The van der Waals surface area contributed by atoms with Gasteiger partial charge < -0.3 is 15.0 Å². The van der Waals surface area contributed by atoms with Crippen molar-refractivity contribution in [1.29, 1.82) is 0 Å². The fourth-order valence-electron chi connectivity index (χ4n) is 2.48. The smallest absolute Gasteiger partial charge is 0.305 e. The molecule has 2 amide bonds. The zero-order chi connectivity index (χ0) is 19.8. The summed E-state index contributed by atoms with van der Waals surface area (Å²) in [4.78, 5) is 38.0. The van der Waals surface area contributed by atoms with Crippen LogP contribution in [-0.4, -0.2) is 43.4 Å². The topological polar surface area (TPSA) is 75.7 Å². The molecule has 0 heterocycles. The van der Waals surface area contributed by atoms with Gasteiger partial charge in [0.25, 0.3) is 11.8 Å². The summed E-state index contributed by atoms with van der Waals surface area (Å²) in [7, 11) is 2.99. The first-order valence-electron chi connectivity index (χ1n) is 8.41. The van der Waals surface area contributed by atoms with Crippen LogP contribution in [0.4, 0.5) is 5.69 Å². The predicted octanol–water partition coefficient (Wildman–Crippen LogP) is 3.73. The van der Waals surface area contributed by atoms with E-state index in [1.807, 2.05) is 6.07 Å². The summed E-state index contributed by atoms with van der Waals surface area (Å²) in [6.45, 7) is 0.403. The highest BCUT2D eigenvalue weighted by Crippen LogP contribution is 2.21. The van der Waals surface area contributed by atoms with Crippen LogP contribution in [0.1, 0.15) is 33.6 Å². The lowest BCUT2D eigenvalue weighted by Crippen LogP contribution is -2.29. The van der Waals surface area contributed by atoms with Crippen molar-refractivity contribution in [3.8, 4) is 0 Å². The van der Waals surface area contributed by atoms with E-state index in [0.29, 0.717) is 34.3 Å². The van der Waals surface area contributed by atoms with Crippen molar-refractivity contribution in [3.05, 3.63) is 64.1 Å². The molecule has 142 valence electrons. The summed E-state index contributed by atoms with van der Waals surface area (Å²) in [5.74, 6) is -0.851. The molecular formula is C20H21BrN2O4. The first kappa shape index (κ1) is 20.6. The predicted molar refractivity (Wildman–Crippen MR) is 107 cm³/mol. The molecule has 0 aromatic heterocycles. The average Bonchev–Trinajstić information content (AvgIpc) is 2.67. The number of ether oxygens (including phenoxy) is 1. The van der Waals surface area contributed by atoms with Crippen LogP contribution >= 0.6 is 15.9 Å². The molecule has 0 saturated heterocycles. The quantitative estimate of drug-likeness (QED) is 0.676. The van der Waals surface area contributed by atoms with Crippen molar-refractivity contribution < 1.29 is 19.1 Å². The lowest BCUT2D eigenvalue weighted by molar-refractivity contribution is -0.140. The van der Waals surface area contributed by atoms with Gasteiger partial charge in [-0.15, -0.1) is 0 Å². The average molecular weight is 433 g/mol. The SMILES string of the molecule is COC(=O)CCCN(C)C(=O)c1ccccc1NC(=O)c1ccccc1Br. The van der Waals surface area contributed by atoms with Gasteiger partial charge in [-0.2, -0.15) is 0 Å². The Labute approximate surface area is 166 Å². The molecule has 0 radical (unpaired) electrons. The second kappa shape index (κ2) is 9.87. The molecule has 27 heavy (non-hydrogen) atoms. The van der Waals surface area contributed by atoms with E-state index in [0.717, 1.165) is 0 Å². The maximum absolute atomic E-state index is 12.7. The van der Waals surface area contributed by atoms with E-state index in [2.05, 4.69) is 26.0 Å². The van der Waals surface area contributed by atoms with Gasteiger partial charge in [-0.1, -0.05) is 24.3 Å². The van der Waals surface area contributed by atoms with Crippen molar-refractivity contribution in [2.24, 2.45) is 0 Å². The maximum Gasteiger partial charge on any atom is 0.305 e. The molecule has 0 saturated carbocycles. The third-order valence-electron chi connectivity index (χ3n) is 3.97. The van der Waals surface area contributed by atoms with E-state index in [9.17, 15) is 14.4 Å². The Morgan fingerprint density at radius 3 is 2.33 bits per heavy atom. The second-order valence-corrected chi connectivity index (χ2v) is 6.74. The van der Waals surface area contributed by atoms with Crippen LogP contribution in [0.5, 0.6) is 0 Å². The van der Waals surface area contributed by atoms with Crippen LogP contribution < -0.4 is 5.32 Å². The highest BCUT2D eigenvalue weighted by molar-refractivity contribution is 9.10. The Morgan fingerprint density at radius 1 is 1.04 bits per heavy atom. The minimum absolute atomic E-state index is 0.233. The number of para-hydroxylation sites is 1. The van der Waals surface area contributed by atoms with E-state index >= 15 is 0 Å². The van der Waals surface area contributed by atoms with Crippen LogP contribution in [0.2, 0.25) is 0 Å². The lowest BCUT2D eigenvalue weighted by atomic mass is 10.1. The lowest BCUT2D eigenvalue weighted by Gasteiger charge is -2.19. The summed E-state index contributed by atoms with van der Waals surface area (Å²) in [5.41, 5.74) is 1.30. The second-order valence-electron chi connectivity index (χ2n) is 5.89. The fourth-order valence-corrected chi connectivity index (χ4v) is 2.95. The zero-order valence-electron chi connectivity index (χ0n) is 15.2. The number of benzene rings is 2. The van der Waals surface area contributed by atoms with Crippen molar-refractivity contribution in [2.45, 2.75) is 12.8 Å². The normalized spacial score (nSPS) is 10.2. The molecule has 0 fully saturated rings. The van der Waals surface area contributed by atoms with Gasteiger partial charge in [-0.25, -0.2) is 0 Å². The van der Waals surface area contributed by atoms with Gasteiger partial charge in [0, 0.05) is 24.5 Å². The molecule has 2 aromatic rings. The number of carbonyl (C=O) groups is 3. The molecule has 7 heteroatoms. The third kappa shape index (κ3) is 5.65. The van der Waals surface area contributed by atoms with Gasteiger partial charge in [0.05, 0.1) is 23.9 Å². The fraction of sp³-hybridized carbons (Fsp3) is 0.250. The standard InChI is InChI=1S/C20H21BrN2O4/c1-23(13-7-12-18(24)27-2)20(26)15-9-4-6-11-17(15)22-19(25)14-8-3-5-10-16(14)21/h3-6,8-11H,7,12-13H2,1-2H3,(H,22,25). The number of hydrogen-bond donors (Lipinski definition) is 1. The number of carbonyl (C=O) groups excluding carboxylic acids is 3. The number of amides is 2. The molecule has 0 bridgehead atoms. The minimum Gasteiger partial charge on any atom is -0.469 e. The van der Waals surface area contributed by atoms with Gasteiger partial charge in [-0.05, 0) is 46.6 Å². The molecule has 0 atom stereocenters. The van der Waals surface area contributed by atoms with Gasteiger partial charge >= 0.3 is 5.97 Å². The third-order valence-corrected chi connectivity index (χ3v) is 4.66. The summed E-state index contributed by atoms with van der Waals surface area (Å²) in [5, 5.41) is 2.80. The summed E-state index contributed by atoms with van der Waals surface area (Å²) in [6.07, 6.45) is 0.745. The van der Waals surface area contributed by atoms with E-state index in [-0.39, 0.29) is 24.2 Å². The number of anilines is 1.